The normalized spacial score (nSPS) is 19.9. The van der Waals surface area contributed by atoms with Gasteiger partial charge in [-0.1, -0.05) is 13.8 Å². The second-order valence-corrected chi connectivity index (χ2v) is 7.34. The molecule has 1 aromatic rings. The molecule has 0 saturated carbocycles. The van der Waals surface area contributed by atoms with Gasteiger partial charge in [-0.15, -0.1) is 0 Å². The highest BCUT2D eigenvalue weighted by Gasteiger charge is 2.27. The van der Waals surface area contributed by atoms with Crippen LogP contribution >= 0.6 is 0 Å². The molecule has 142 valence electrons. The Hall–Kier alpha value is -2.21. The fourth-order valence-electron chi connectivity index (χ4n) is 3.45. The van der Waals surface area contributed by atoms with Gasteiger partial charge in [0.15, 0.2) is 5.78 Å². The maximum absolute atomic E-state index is 12.2. The van der Waals surface area contributed by atoms with Crippen molar-refractivity contribution in [3.63, 3.8) is 0 Å². The number of ketones is 1. The molecule has 0 radical (unpaired) electrons. The summed E-state index contributed by atoms with van der Waals surface area (Å²) in [6.45, 7) is 9.88. The Balaban J connectivity index is 1.99. The first-order valence-corrected chi connectivity index (χ1v) is 9.04. The molecule has 1 aromatic carbocycles. The van der Waals surface area contributed by atoms with Crippen LogP contribution in [0.4, 0.5) is 5.69 Å². The van der Waals surface area contributed by atoms with E-state index in [9.17, 15) is 14.4 Å². The van der Waals surface area contributed by atoms with Crippen LogP contribution < -0.4 is 10.6 Å². The minimum absolute atomic E-state index is 0.0187. The van der Waals surface area contributed by atoms with Gasteiger partial charge in [0.1, 0.15) is 0 Å². The van der Waals surface area contributed by atoms with Crippen LogP contribution in [-0.2, 0) is 14.3 Å². The molecule has 2 amide bonds. The highest BCUT2D eigenvalue weighted by molar-refractivity contribution is 6.39. The van der Waals surface area contributed by atoms with Gasteiger partial charge in [0, 0.05) is 23.9 Å². The van der Waals surface area contributed by atoms with Gasteiger partial charge < -0.3 is 15.4 Å². The van der Waals surface area contributed by atoms with Gasteiger partial charge >= 0.3 is 11.8 Å². The average molecular weight is 360 g/mol. The van der Waals surface area contributed by atoms with Crippen LogP contribution in [0.15, 0.2) is 12.1 Å². The number of benzene rings is 1. The summed E-state index contributed by atoms with van der Waals surface area (Å²) in [5.74, 6) is -0.999. The highest BCUT2D eigenvalue weighted by Crippen LogP contribution is 2.22. The molecule has 0 aliphatic carbocycles. The van der Waals surface area contributed by atoms with E-state index in [1.165, 1.54) is 6.92 Å². The van der Waals surface area contributed by atoms with Crippen LogP contribution in [0.25, 0.3) is 0 Å². The van der Waals surface area contributed by atoms with Crippen molar-refractivity contribution in [2.75, 3.05) is 11.9 Å². The van der Waals surface area contributed by atoms with E-state index in [0.29, 0.717) is 36.6 Å². The lowest BCUT2D eigenvalue weighted by molar-refractivity contribution is -0.137. The number of carbonyl (C=O) groups excluding carboxylic acids is 3. The van der Waals surface area contributed by atoms with Gasteiger partial charge in [-0.3, -0.25) is 14.4 Å². The van der Waals surface area contributed by atoms with Crippen LogP contribution in [0.1, 0.15) is 55.1 Å². The summed E-state index contributed by atoms with van der Waals surface area (Å²) in [5, 5.41) is 5.42. The van der Waals surface area contributed by atoms with Gasteiger partial charge in [0.2, 0.25) is 0 Å². The number of ether oxygens (including phenoxy) is 1. The lowest BCUT2D eigenvalue weighted by Gasteiger charge is -2.32. The highest BCUT2D eigenvalue weighted by atomic mass is 16.5. The number of nitrogens with one attached hydrogen (secondary N) is 2. The van der Waals surface area contributed by atoms with Gasteiger partial charge in [-0.05, 0) is 62.8 Å². The Labute approximate surface area is 154 Å². The minimum atomic E-state index is -0.702. The molecular formula is C20H28N2O4. The van der Waals surface area contributed by atoms with E-state index < -0.39 is 11.8 Å². The van der Waals surface area contributed by atoms with E-state index in [-0.39, 0.29) is 17.9 Å². The topological polar surface area (TPSA) is 84.5 Å². The summed E-state index contributed by atoms with van der Waals surface area (Å²) in [7, 11) is 0. The molecule has 2 atom stereocenters. The van der Waals surface area contributed by atoms with Gasteiger partial charge in [-0.25, -0.2) is 0 Å². The minimum Gasteiger partial charge on any atom is -0.378 e. The monoisotopic (exact) mass is 360 g/mol. The first-order chi connectivity index (χ1) is 12.2. The number of rotatable bonds is 4. The smallest absolute Gasteiger partial charge is 0.313 e. The van der Waals surface area contributed by atoms with E-state index in [1.54, 1.807) is 12.1 Å². The van der Waals surface area contributed by atoms with Crippen LogP contribution in [0.3, 0.4) is 0 Å². The number of carbonyl (C=O) groups is 3. The molecule has 0 spiro atoms. The Kier molecular flexibility index (Phi) is 6.53. The molecule has 1 saturated heterocycles. The van der Waals surface area contributed by atoms with Crippen LogP contribution in [0.2, 0.25) is 0 Å². The summed E-state index contributed by atoms with van der Waals surface area (Å²) in [6.07, 6.45) is 1.51. The fraction of sp³-hybridized carbons (Fsp3) is 0.550. The molecule has 1 heterocycles. The van der Waals surface area contributed by atoms with Crippen LogP contribution in [0, 0.1) is 19.8 Å². The number of hydrogen-bond donors (Lipinski definition) is 2. The SMILES string of the molecule is CC(=O)c1c(C)cc(NC(=O)C(=O)NC2CCOC(C(C)C)C2)cc1C. The van der Waals surface area contributed by atoms with Gasteiger partial charge in [0.25, 0.3) is 0 Å². The Morgan fingerprint density at radius 3 is 2.27 bits per heavy atom. The molecule has 1 fully saturated rings. The zero-order chi connectivity index (χ0) is 19.4. The summed E-state index contributed by atoms with van der Waals surface area (Å²) in [6, 6.07) is 3.36. The van der Waals surface area contributed by atoms with Crippen molar-refractivity contribution in [2.45, 2.75) is 59.6 Å². The van der Waals surface area contributed by atoms with Crippen molar-refractivity contribution < 1.29 is 19.1 Å². The number of anilines is 1. The molecular weight excluding hydrogens is 332 g/mol. The second kappa shape index (κ2) is 8.45. The first-order valence-electron chi connectivity index (χ1n) is 9.04. The largest absolute Gasteiger partial charge is 0.378 e. The summed E-state index contributed by atoms with van der Waals surface area (Å²) in [4.78, 5) is 36.1. The van der Waals surface area contributed by atoms with E-state index in [0.717, 1.165) is 11.1 Å². The van der Waals surface area contributed by atoms with Crippen LogP contribution in [-0.4, -0.2) is 36.4 Å². The summed E-state index contributed by atoms with van der Waals surface area (Å²) < 4.78 is 5.68. The number of amides is 2. The number of Topliss-reactive ketones (excluding diaryl/α,β-unsaturated/α-hetero) is 1. The molecule has 2 rings (SSSR count). The zero-order valence-corrected chi connectivity index (χ0v) is 16.1. The lowest BCUT2D eigenvalue weighted by atomic mass is 9.95. The third-order valence-corrected chi connectivity index (χ3v) is 4.74. The molecule has 2 unspecified atom stereocenters. The van der Waals surface area contributed by atoms with Crippen molar-refractivity contribution in [1.29, 1.82) is 0 Å². The molecule has 0 bridgehead atoms. The number of hydrogen-bond acceptors (Lipinski definition) is 4. The maximum Gasteiger partial charge on any atom is 0.313 e. The summed E-state index contributed by atoms with van der Waals surface area (Å²) in [5.41, 5.74) is 2.71. The fourth-order valence-corrected chi connectivity index (χ4v) is 3.45. The average Bonchev–Trinajstić information content (AvgIpc) is 2.53. The molecule has 1 aliphatic heterocycles. The number of aryl methyl sites for hydroxylation is 2. The standard InChI is InChI=1S/C20H28N2O4/c1-11(2)17-10-15(6-7-26-17)21-19(24)20(25)22-16-8-12(3)18(14(5)23)13(4)9-16/h8-9,11,15,17H,6-7,10H2,1-5H3,(H,21,24)(H,22,25). The third kappa shape index (κ3) is 4.91. The van der Waals surface area contributed by atoms with Crippen molar-refractivity contribution >= 4 is 23.3 Å². The molecule has 0 aromatic heterocycles. The van der Waals surface area contributed by atoms with Crippen molar-refractivity contribution in [1.82, 2.24) is 5.32 Å². The predicted molar refractivity (Wildman–Crippen MR) is 100 cm³/mol. The van der Waals surface area contributed by atoms with E-state index in [4.69, 9.17) is 4.74 Å². The Bertz CT molecular complexity index is 689. The molecule has 26 heavy (non-hydrogen) atoms. The van der Waals surface area contributed by atoms with Crippen molar-refractivity contribution in [3.8, 4) is 0 Å². The molecule has 1 aliphatic rings. The predicted octanol–water partition coefficient (Wildman–Crippen LogP) is 2.76. The molecule has 2 N–H and O–H groups in total. The van der Waals surface area contributed by atoms with E-state index in [2.05, 4.69) is 24.5 Å². The van der Waals surface area contributed by atoms with Gasteiger partial charge in [-0.2, -0.15) is 0 Å². The maximum atomic E-state index is 12.2. The zero-order valence-electron chi connectivity index (χ0n) is 16.1. The van der Waals surface area contributed by atoms with Crippen LogP contribution in [0.5, 0.6) is 0 Å². The first kappa shape index (κ1) is 20.1. The van der Waals surface area contributed by atoms with Gasteiger partial charge in [0.05, 0.1) is 6.10 Å². The van der Waals surface area contributed by atoms with E-state index in [1.807, 2.05) is 13.8 Å². The Morgan fingerprint density at radius 1 is 1.12 bits per heavy atom. The Morgan fingerprint density at radius 2 is 1.73 bits per heavy atom. The quantitative estimate of drug-likeness (QED) is 0.639. The van der Waals surface area contributed by atoms with E-state index >= 15 is 0 Å². The van der Waals surface area contributed by atoms with Crippen molar-refractivity contribution in [2.24, 2.45) is 5.92 Å². The van der Waals surface area contributed by atoms with Crippen molar-refractivity contribution in [3.05, 3.63) is 28.8 Å². The third-order valence-electron chi connectivity index (χ3n) is 4.74. The lowest BCUT2D eigenvalue weighted by Crippen LogP contribution is -2.47. The molecule has 6 heteroatoms. The second-order valence-electron chi connectivity index (χ2n) is 7.34. The molecule has 6 nitrogen and oxygen atoms in total. The summed E-state index contributed by atoms with van der Waals surface area (Å²) >= 11 is 0.